The van der Waals surface area contributed by atoms with Crippen LogP contribution in [-0.4, -0.2) is 13.2 Å². The molecule has 0 N–H and O–H groups in total. The van der Waals surface area contributed by atoms with Crippen LogP contribution in [0.15, 0.2) is 36.4 Å². The third-order valence-electron chi connectivity index (χ3n) is 4.44. The quantitative estimate of drug-likeness (QED) is 0.440. The maximum atomic E-state index is 9.57. The van der Waals surface area contributed by atoms with Crippen molar-refractivity contribution in [2.45, 2.75) is 31.8 Å². The molecule has 0 unspecified atom stereocenters. The van der Waals surface area contributed by atoms with Crippen molar-refractivity contribution in [2.24, 2.45) is 0 Å². The lowest BCUT2D eigenvalue weighted by Gasteiger charge is -2.16. The molecule has 0 heterocycles. The zero-order valence-corrected chi connectivity index (χ0v) is 16.0. The van der Waals surface area contributed by atoms with Gasteiger partial charge in [0.2, 0.25) is 0 Å². The third-order valence-corrected chi connectivity index (χ3v) is 4.98. The first-order chi connectivity index (χ1) is 12.6. The van der Waals surface area contributed by atoms with E-state index in [1.54, 1.807) is 31.4 Å². The second-order valence-corrected chi connectivity index (χ2v) is 7.07. The molecule has 5 heteroatoms. The molecule has 0 spiro atoms. The molecule has 1 aliphatic carbocycles. The van der Waals surface area contributed by atoms with Crippen molar-refractivity contribution in [3.8, 4) is 17.6 Å². The van der Waals surface area contributed by atoms with E-state index in [1.807, 2.05) is 18.2 Å². The summed E-state index contributed by atoms with van der Waals surface area (Å²) >= 11 is 12.2. The fourth-order valence-corrected chi connectivity index (χ4v) is 3.62. The van der Waals surface area contributed by atoms with Crippen LogP contribution in [0.25, 0.3) is 11.6 Å². The predicted octanol–water partition coefficient (Wildman–Crippen LogP) is 6.39. The van der Waals surface area contributed by atoms with Gasteiger partial charge in [0, 0.05) is 10.6 Å². The van der Waals surface area contributed by atoms with Crippen LogP contribution in [0.5, 0.6) is 11.5 Å². The van der Waals surface area contributed by atoms with Crippen LogP contribution in [0.1, 0.15) is 36.8 Å². The molecular weight excluding hydrogens is 369 g/mol. The lowest BCUT2D eigenvalue weighted by atomic mass is 10.0. The maximum Gasteiger partial charge on any atom is 0.162 e. The standard InChI is InChI=1S/C21H19Cl2NO2/c1-25-20-9-6-14(11-21(20)26-17-4-2-3-5-17)10-15(13-24)18-8-7-16(22)12-19(18)23/h6-12,17H,2-5H2,1H3. The summed E-state index contributed by atoms with van der Waals surface area (Å²) in [6.45, 7) is 0. The number of halogens is 2. The molecular formula is C21H19Cl2NO2. The highest BCUT2D eigenvalue weighted by Gasteiger charge is 2.18. The number of benzene rings is 2. The van der Waals surface area contributed by atoms with E-state index < -0.39 is 0 Å². The predicted molar refractivity (Wildman–Crippen MR) is 106 cm³/mol. The highest BCUT2D eigenvalue weighted by Crippen LogP contribution is 2.34. The molecule has 0 atom stereocenters. The topological polar surface area (TPSA) is 42.2 Å². The van der Waals surface area contributed by atoms with Crippen molar-refractivity contribution in [1.29, 1.82) is 5.26 Å². The molecule has 1 fully saturated rings. The van der Waals surface area contributed by atoms with Gasteiger partial charge in [0.1, 0.15) is 0 Å². The minimum absolute atomic E-state index is 0.226. The molecule has 3 rings (SSSR count). The molecule has 0 radical (unpaired) electrons. The minimum Gasteiger partial charge on any atom is -0.493 e. The van der Waals surface area contributed by atoms with Crippen molar-refractivity contribution in [1.82, 2.24) is 0 Å². The Labute approximate surface area is 163 Å². The zero-order valence-electron chi connectivity index (χ0n) is 14.5. The largest absolute Gasteiger partial charge is 0.493 e. The van der Waals surface area contributed by atoms with Gasteiger partial charge in [0.25, 0.3) is 0 Å². The van der Waals surface area contributed by atoms with Gasteiger partial charge in [-0.2, -0.15) is 5.26 Å². The van der Waals surface area contributed by atoms with Crippen LogP contribution in [-0.2, 0) is 0 Å². The number of methoxy groups -OCH3 is 1. The minimum atomic E-state index is 0.226. The smallest absolute Gasteiger partial charge is 0.162 e. The van der Waals surface area contributed by atoms with E-state index in [-0.39, 0.29) is 6.10 Å². The molecule has 0 bridgehead atoms. The molecule has 1 saturated carbocycles. The van der Waals surface area contributed by atoms with Gasteiger partial charge in [-0.05, 0) is 61.6 Å². The Morgan fingerprint density at radius 2 is 1.88 bits per heavy atom. The van der Waals surface area contributed by atoms with Gasteiger partial charge < -0.3 is 9.47 Å². The number of ether oxygens (including phenoxy) is 2. The Morgan fingerprint density at radius 3 is 2.54 bits per heavy atom. The SMILES string of the molecule is COc1ccc(C=C(C#N)c2ccc(Cl)cc2Cl)cc1OC1CCCC1. The molecule has 0 amide bonds. The molecule has 3 nitrogen and oxygen atoms in total. The lowest BCUT2D eigenvalue weighted by molar-refractivity contribution is 0.201. The summed E-state index contributed by atoms with van der Waals surface area (Å²) in [5.41, 5.74) is 1.96. The van der Waals surface area contributed by atoms with E-state index in [0.717, 1.165) is 18.4 Å². The van der Waals surface area contributed by atoms with Gasteiger partial charge in [-0.3, -0.25) is 0 Å². The van der Waals surface area contributed by atoms with Gasteiger partial charge in [0.15, 0.2) is 11.5 Å². The van der Waals surface area contributed by atoms with Gasteiger partial charge in [-0.1, -0.05) is 35.3 Å². The summed E-state index contributed by atoms with van der Waals surface area (Å²) in [6.07, 6.45) is 6.53. The first-order valence-electron chi connectivity index (χ1n) is 8.52. The normalized spacial score (nSPS) is 14.9. The fraction of sp³-hybridized carbons (Fsp3) is 0.286. The van der Waals surface area contributed by atoms with Gasteiger partial charge >= 0.3 is 0 Å². The van der Waals surface area contributed by atoms with Gasteiger partial charge in [-0.25, -0.2) is 0 Å². The summed E-state index contributed by atoms with van der Waals surface area (Å²) in [7, 11) is 1.63. The van der Waals surface area contributed by atoms with Gasteiger partial charge in [0.05, 0.1) is 29.9 Å². The molecule has 26 heavy (non-hydrogen) atoms. The van der Waals surface area contributed by atoms with Crippen molar-refractivity contribution >= 4 is 34.9 Å². The van der Waals surface area contributed by atoms with Crippen LogP contribution in [0.4, 0.5) is 0 Å². The molecule has 0 aromatic heterocycles. The monoisotopic (exact) mass is 387 g/mol. The molecule has 2 aromatic carbocycles. The first-order valence-corrected chi connectivity index (χ1v) is 9.28. The van der Waals surface area contributed by atoms with Crippen LogP contribution in [0, 0.1) is 11.3 Å². The van der Waals surface area contributed by atoms with E-state index in [0.29, 0.717) is 32.7 Å². The average molecular weight is 388 g/mol. The summed E-state index contributed by atoms with van der Waals surface area (Å²) in [4.78, 5) is 0. The Bertz CT molecular complexity index is 865. The zero-order chi connectivity index (χ0) is 18.5. The van der Waals surface area contributed by atoms with Crippen molar-refractivity contribution in [3.63, 3.8) is 0 Å². The van der Waals surface area contributed by atoms with E-state index in [4.69, 9.17) is 32.7 Å². The summed E-state index contributed by atoms with van der Waals surface area (Å²) in [5, 5.41) is 10.5. The summed E-state index contributed by atoms with van der Waals surface area (Å²) < 4.78 is 11.5. The number of nitrogens with zero attached hydrogens (tertiary/aromatic N) is 1. The summed E-state index contributed by atoms with van der Waals surface area (Å²) in [6, 6.07) is 13.0. The lowest BCUT2D eigenvalue weighted by Crippen LogP contribution is -2.11. The second kappa shape index (κ2) is 8.49. The van der Waals surface area contributed by atoms with Crippen molar-refractivity contribution in [2.75, 3.05) is 7.11 Å². The fourth-order valence-electron chi connectivity index (χ4n) is 3.11. The number of allylic oxidation sites excluding steroid dienone is 1. The average Bonchev–Trinajstić information content (AvgIpc) is 3.13. The van der Waals surface area contributed by atoms with Crippen LogP contribution in [0.3, 0.4) is 0 Å². The van der Waals surface area contributed by atoms with Crippen molar-refractivity contribution in [3.05, 3.63) is 57.6 Å². The Morgan fingerprint density at radius 1 is 1.12 bits per heavy atom. The number of hydrogen-bond acceptors (Lipinski definition) is 3. The molecule has 134 valence electrons. The Balaban J connectivity index is 1.94. The number of hydrogen-bond donors (Lipinski definition) is 0. The highest BCUT2D eigenvalue weighted by molar-refractivity contribution is 6.36. The first kappa shape index (κ1) is 18.6. The maximum absolute atomic E-state index is 9.57. The van der Waals surface area contributed by atoms with E-state index in [2.05, 4.69) is 6.07 Å². The Kier molecular flexibility index (Phi) is 6.08. The molecule has 1 aliphatic rings. The van der Waals surface area contributed by atoms with E-state index >= 15 is 0 Å². The van der Waals surface area contributed by atoms with Crippen molar-refractivity contribution < 1.29 is 9.47 Å². The van der Waals surface area contributed by atoms with Gasteiger partial charge in [-0.15, -0.1) is 0 Å². The van der Waals surface area contributed by atoms with Crippen LogP contribution in [0.2, 0.25) is 10.0 Å². The Hall–Kier alpha value is -2.15. The van der Waals surface area contributed by atoms with Crippen LogP contribution < -0.4 is 9.47 Å². The molecule has 0 saturated heterocycles. The number of rotatable bonds is 5. The molecule has 2 aromatic rings. The van der Waals surface area contributed by atoms with E-state index in [9.17, 15) is 5.26 Å². The third kappa shape index (κ3) is 4.33. The second-order valence-electron chi connectivity index (χ2n) is 6.23. The number of nitriles is 1. The van der Waals surface area contributed by atoms with E-state index in [1.165, 1.54) is 12.8 Å². The molecule has 0 aliphatic heterocycles. The summed E-state index contributed by atoms with van der Waals surface area (Å²) in [5.74, 6) is 1.39. The van der Waals surface area contributed by atoms with Crippen LogP contribution >= 0.6 is 23.2 Å². The highest BCUT2D eigenvalue weighted by atomic mass is 35.5.